The van der Waals surface area contributed by atoms with Gasteiger partial charge in [-0.15, -0.1) is 0 Å². The summed E-state index contributed by atoms with van der Waals surface area (Å²) >= 11 is 0. The molecule has 0 aliphatic rings. The SMILES string of the molecule is CCOC(=O)/C=C/c1ccc(OC(=O)OCC(=O)c2ccc3c(c2)c2ccccc2n3CC)c(OC)c1. The minimum absolute atomic E-state index is 0.113. The van der Waals surface area contributed by atoms with Crippen molar-refractivity contribution in [1.82, 2.24) is 4.57 Å². The van der Waals surface area contributed by atoms with E-state index in [9.17, 15) is 14.4 Å². The van der Waals surface area contributed by atoms with Crippen LogP contribution in [-0.2, 0) is 20.8 Å². The van der Waals surface area contributed by atoms with Gasteiger partial charge < -0.3 is 23.5 Å². The zero-order valence-electron chi connectivity index (χ0n) is 20.9. The second-order valence-electron chi connectivity index (χ2n) is 8.05. The molecule has 0 saturated carbocycles. The van der Waals surface area contributed by atoms with Crippen LogP contribution in [0.25, 0.3) is 27.9 Å². The summed E-state index contributed by atoms with van der Waals surface area (Å²) in [5, 5.41) is 2.02. The van der Waals surface area contributed by atoms with E-state index in [1.165, 1.54) is 19.3 Å². The fourth-order valence-electron chi connectivity index (χ4n) is 4.12. The molecule has 0 N–H and O–H groups in total. The van der Waals surface area contributed by atoms with E-state index < -0.39 is 18.7 Å². The minimum atomic E-state index is -1.04. The third kappa shape index (κ3) is 5.64. The summed E-state index contributed by atoms with van der Waals surface area (Å²) < 4.78 is 22.6. The summed E-state index contributed by atoms with van der Waals surface area (Å²) in [6.07, 6.45) is 1.80. The Morgan fingerprint density at radius 3 is 2.41 bits per heavy atom. The number of hydrogen-bond donors (Lipinski definition) is 0. The van der Waals surface area contributed by atoms with Crippen molar-refractivity contribution in [3.8, 4) is 11.5 Å². The van der Waals surface area contributed by atoms with Gasteiger partial charge in [-0.2, -0.15) is 0 Å². The lowest BCUT2D eigenvalue weighted by atomic mass is 10.1. The van der Waals surface area contributed by atoms with Gasteiger partial charge in [0.1, 0.15) is 0 Å². The van der Waals surface area contributed by atoms with E-state index in [1.807, 2.05) is 30.3 Å². The van der Waals surface area contributed by atoms with Crippen molar-refractivity contribution in [1.29, 1.82) is 0 Å². The second kappa shape index (κ2) is 11.4. The number of methoxy groups -OCH3 is 1. The van der Waals surface area contributed by atoms with Crippen LogP contribution in [0.4, 0.5) is 4.79 Å². The first-order valence-corrected chi connectivity index (χ1v) is 11.9. The molecule has 0 fully saturated rings. The van der Waals surface area contributed by atoms with Crippen molar-refractivity contribution in [3.05, 3.63) is 77.9 Å². The summed E-state index contributed by atoms with van der Waals surface area (Å²) in [7, 11) is 1.42. The van der Waals surface area contributed by atoms with Gasteiger partial charge in [-0.3, -0.25) is 4.79 Å². The van der Waals surface area contributed by atoms with Gasteiger partial charge in [-0.1, -0.05) is 24.3 Å². The van der Waals surface area contributed by atoms with Gasteiger partial charge in [0, 0.05) is 40.0 Å². The molecule has 0 amide bonds. The number of Topliss-reactive ketones (excluding diaryl/α,β-unsaturated/α-hetero) is 1. The summed E-state index contributed by atoms with van der Waals surface area (Å²) in [6.45, 7) is 4.41. The van der Waals surface area contributed by atoms with E-state index in [1.54, 1.807) is 31.2 Å². The highest BCUT2D eigenvalue weighted by Crippen LogP contribution is 2.30. The van der Waals surface area contributed by atoms with E-state index in [4.69, 9.17) is 18.9 Å². The molecular weight excluding hydrogens is 474 g/mol. The average Bonchev–Trinajstić information content (AvgIpc) is 3.24. The van der Waals surface area contributed by atoms with Crippen LogP contribution in [-0.4, -0.2) is 42.8 Å². The van der Waals surface area contributed by atoms with Crippen molar-refractivity contribution in [2.75, 3.05) is 20.3 Å². The molecule has 0 saturated heterocycles. The molecule has 4 aromatic rings. The summed E-state index contributed by atoms with van der Waals surface area (Å²) in [5.74, 6) is -0.446. The molecule has 8 heteroatoms. The van der Waals surface area contributed by atoms with E-state index in [0.29, 0.717) is 11.1 Å². The highest BCUT2D eigenvalue weighted by Gasteiger charge is 2.17. The van der Waals surface area contributed by atoms with Gasteiger partial charge in [-0.05, 0) is 61.9 Å². The number of benzene rings is 3. The molecule has 190 valence electrons. The predicted octanol–water partition coefficient (Wildman–Crippen LogP) is 5.80. The molecule has 37 heavy (non-hydrogen) atoms. The van der Waals surface area contributed by atoms with E-state index in [0.717, 1.165) is 28.4 Å². The van der Waals surface area contributed by atoms with Gasteiger partial charge in [0.25, 0.3) is 0 Å². The first kappa shape index (κ1) is 25.5. The van der Waals surface area contributed by atoms with Crippen LogP contribution in [0.15, 0.2) is 66.7 Å². The molecule has 0 aliphatic carbocycles. The molecule has 0 bridgehead atoms. The molecule has 1 heterocycles. The normalized spacial score (nSPS) is 11.1. The van der Waals surface area contributed by atoms with Crippen LogP contribution in [0.3, 0.4) is 0 Å². The maximum Gasteiger partial charge on any atom is 0.514 e. The number of ketones is 1. The Balaban J connectivity index is 1.42. The van der Waals surface area contributed by atoms with Crippen LogP contribution < -0.4 is 9.47 Å². The number of carbonyl (C=O) groups is 3. The van der Waals surface area contributed by atoms with Crippen molar-refractivity contribution in [3.63, 3.8) is 0 Å². The molecule has 0 atom stereocenters. The van der Waals surface area contributed by atoms with E-state index in [2.05, 4.69) is 17.6 Å². The van der Waals surface area contributed by atoms with Crippen LogP contribution in [0.1, 0.15) is 29.8 Å². The Labute approximate surface area is 214 Å². The number of aryl methyl sites for hydroxylation is 1. The Morgan fingerprint density at radius 1 is 0.865 bits per heavy atom. The third-order valence-electron chi connectivity index (χ3n) is 5.81. The van der Waals surface area contributed by atoms with Crippen LogP contribution in [0, 0.1) is 0 Å². The molecule has 3 aromatic carbocycles. The molecule has 0 unspecified atom stereocenters. The van der Waals surface area contributed by atoms with Crippen molar-refractivity contribution in [2.24, 2.45) is 0 Å². The van der Waals surface area contributed by atoms with Gasteiger partial charge in [0.05, 0.1) is 13.7 Å². The Kier molecular flexibility index (Phi) is 7.88. The molecule has 0 spiro atoms. The number of fused-ring (bicyclic) bond motifs is 3. The fraction of sp³-hybridized carbons (Fsp3) is 0.207. The minimum Gasteiger partial charge on any atom is -0.493 e. The first-order chi connectivity index (χ1) is 17.9. The number of esters is 1. The molecule has 0 aliphatic heterocycles. The first-order valence-electron chi connectivity index (χ1n) is 11.9. The smallest absolute Gasteiger partial charge is 0.493 e. The van der Waals surface area contributed by atoms with Gasteiger partial charge >= 0.3 is 12.1 Å². The number of nitrogens with zero attached hydrogens (tertiary/aromatic N) is 1. The number of para-hydroxylation sites is 1. The molecule has 4 rings (SSSR count). The highest BCUT2D eigenvalue weighted by atomic mass is 16.7. The lowest BCUT2D eigenvalue weighted by Gasteiger charge is -2.10. The zero-order chi connectivity index (χ0) is 26.4. The molecular formula is C29H27NO7. The summed E-state index contributed by atoms with van der Waals surface area (Å²) in [4.78, 5) is 36.6. The quantitative estimate of drug-likeness (QED) is 0.124. The van der Waals surface area contributed by atoms with Crippen LogP contribution in [0.5, 0.6) is 11.5 Å². The second-order valence-corrected chi connectivity index (χ2v) is 8.05. The van der Waals surface area contributed by atoms with Crippen LogP contribution >= 0.6 is 0 Å². The zero-order valence-corrected chi connectivity index (χ0v) is 20.9. The maximum absolute atomic E-state index is 12.8. The number of aromatic nitrogens is 1. The number of carbonyl (C=O) groups excluding carboxylic acids is 3. The topological polar surface area (TPSA) is 93.1 Å². The Hall–Kier alpha value is -4.59. The largest absolute Gasteiger partial charge is 0.514 e. The molecule has 0 radical (unpaired) electrons. The molecule has 1 aromatic heterocycles. The van der Waals surface area contributed by atoms with Gasteiger partial charge in [-0.25, -0.2) is 9.59 Å². The van der Waals surface area contributed by atoms with Crippen LogP contribution in [0.2, 0.25) is 0 Å². The number of hydrogen-bond acceptors (Lipinski definition) is 7. The summed E-state index contributed by atoms with van der Waals surface area (Å²) in [5.41, 5.74) is 3.21. The number of rotatable bonds is 9. The predicted molar refractivity (Wildman–Crippen MR) is 140 cm³/mol. The monoisotopic (exact) mass is 501 g/mol. The lowest BCUT2D eigenvalue weighted by Crippen LogP contribution is -2.17. The summed E-state index contributed by atoms with van der Waals surface area (Å²) in [6, 6.07) is 18.2. The molecule has 8 nitrogen and oxygen atoms in total. The van der Waals surface area contributed by atoms with Gasteiger partial charge in [0.2, 0.25) is 0 Å². The third-order valence-corrected chi connectivity index (χ3v) is 5.81. The van der Waals surface area contributed by atoms with Crippen molar-refractivity contribution in [2.45, 2.75) is 20.4 Å². The highest BCUT2D eigenvalue weighted by molar-refractivity contribution is 6.11. The Morgan fingerprint density at radius 2 is 1.65 bits per heavy atom. The maximum atomic E-state index is 12.8. The van der Waals surface area contributed by atoms with E-state index >= 15 is 0 Å². The average molecular weight is 502 g/mol. The van der Waals surface area contributed by atoms with Crippen molar-refractivity contribution < 1.29 is 33.3 Å². The van der Waals surface area contributed by atoms with Gasteiger partial charge in [0.15, 0.2) is 23.9 Å². The number of ether oxygens (including phenoxy) is 4. The fourth-order valence-corrected chi connectivity index (χ4v) is 4.12. The van der Waals surface area contributed by atoms with Crippen molar-refractivity contribution >= 4 is 45.8 Å². The Bertz CT molecular complexity index is 1500. The standard InChI is InChI=1S/C29H27NO7/c1-4-30-23-9-7-6-8-21(23)22-17-20(12-13-24(22)30)25(31)18-36-29(33)37-26-14-10-19(16-27(26)34-3)11-15-28(32)35-5-2/h6-17H,4-5,18H2,1-3H3/b15-11+. The lowest BCUT2D eigenvalue weighted by molar-refractivity contribution is -0.137. The van der Waals surface area contributed by atoms with E-state index in [-0.39, 0.29) is 23.9 Å².